The molecule has 0 bridgehead atoms. The highest BCUT2D eigenvalue weighted by Crippen LogP contribution is 2.45. The predicted octanol–water partition coefficient (Wildman–Crippen LogP) is 2.83. The van der Waals surface area contributed by atoms with Crippen LogP contribution in [0.5, 0.6) is 0 Å². The van der Waals surface area contributed by atoms with Gasteiger partial charge in [-0.25, -0.2) is 9.97 Å². The van der Waals surface area contributed by atoms with E-state index in [2.05, 4.69) is 45.0 Å². The number of likely N-dealkylation sites (tertiary alicyclic amines) is 1. The van der Waals surface area contributed by atoms with E-state index in [1.165, 1.54) is 0 Å². The first-order chi connectivity index (χ1) is 18.4. The number of carbonyl (C=O) groups is 2. The minimum absolute atomic E-state index is 0.0757. The quantitative estimate of drug-likeness (QED) is 0.604. The standard InChI is InChI=1S/C28H38N8O2/c1-19(2)34-12-14-35(15-13-34)22-8-9-23(29-18-22)31-27-30-17-20-16-28(10-11-33(3)25(28)37)26(38)36(24(20)32-27)21-6-4-5-7-21/h8-9,17-19,21H,4-7,10-16H2,1-3H3,(H,29,30,31,32). The number of hydrogen-bond donors (Lipinski definition) is 1. The van der Waals surface area contributed by atoms with Crippen LogP contribution >= 0.6 is 0 Å². The molecule has 2 aromatic heterocycles. The smallest absolute Gasteiger partial charge is 0.244 e. The molecule has 4 aliphatic rings. The molecular formula is C28H38N8O2. The molecule has 2 amide bonds. The Kier molecular flexibility index (Phi) is 6.45. The lowest BCUT2D eigenvalue weighted by molar-refractivity contribution is -0.144. The fourth-order valence-corrected chi connectivity index (χ4v) is 6.57. The third-order valence-corrected chi connectivity index (χ3v) is 8.91. The van der Waals surface area contributed by atoms with E-state index in [1.54, 1.807) is 18.1 Å². The first kappa shape index (κ1) is 25.0. The van der Waals surface area contributed by atoms with Crippen molar-refractivity contribution in [3.8, 4) is 0 Å². The van der Waals surface area contributed by atoms with E-state index < -0.39 is 5.41 Å². The summed E-state index contributed by atoms with van der Waals surface area (Å²) in [6.07, 6.45) is 8.64. The van der Waals surface area contributed by atoms with Crippen molar-refractivity contribution in [1.82, 2.24) is 24.8 Å². The first-order valence-corrected chi connectivity index (χ1v) is 14.0. The van der Waals surface area contributed by atoms with E-state index in [9.17, 15) is 9.59 Å². The molecule has 38 heavy (non-hydrogen) atoms. The molecule has 3 fully saturated rings. The number of piperazine rings is 1. The fourth-order valence-electron chi connectivity index (χ4n) is 6.57. The molecule has 6 rings (SSSR count). The minimum Gasteiger partial charge on any atom is -0.368 e. The maximum atomic E-state index is 13.9. The van der Waals surface area contributed by atoms with Gasteiger partial charge in [-0.05, 0) is 45.2 Å². The van der Waals surface area contributed by atoms with E-state index in [-0.39, 0.29) is 17.9 Å². The number of hydrogen-bond acceptors (Lipinski definition) is 8. The summed E-state index contributed by atoms with van der Waals surface area (Å²) in [6.45, 7) is 9.19. The van der Waals surface area contributed by atoms with Crippen LogP contribution in [0.1, 0.15) is 51.5 Å². The number of carbonyl (C=O) groups excluding carboxylic acids is 2. The fraction of sp³-hybridized carbons (Fsp3) is 0.607. The zero-order valence-electron chi connectivity index (χ0n) is 22.7. The van der Waals surface area contributed by atoms with Crippen LogP contribution in [0.15, 0.2) is 24.5 Å². The lowest BCUT2D eigenvalue weighted by Gasteiger charge is -2.41. The van der Waals surface area contributed by atoms with Crippen molar-refractivity contribution >= 4 is 35.1 Å². The lowest BCUT2D eigenvalue weighted by atomic mass is 9.76. The summed E-state index contributed by atoms with van der Waals surface area (Å²) < 4.78 is 0. The highest BCUT2D eigenvalue weighted by atomic mass is 16.2. The highest BCUT2D eigenvalue weighted by molar-refractivity contribution is 6.14. The second-order valence-electron chi connectivity index (χ2n) is 11.5. The second kappa shape index (κ2) is 9.80. The summed E-state index contributed by atoms with van der Waals surface area (Å²) in [6, 6.07) is 4.69. The van der Waals surface area contributed by atoms with Gasteiger partial charge in [0.1, 0.15) is 17.1 Å². The number of aromatic nitrogens is 3. The molecule has 0 radical (unpaired) electrons. The van der Waals surface area contributed by atoms with Crippen molar-refractivity contribution in [1.29, 1.82) is 0 Å². The van der Waals surface area contributed by atoms with E-state index in [0.717, 1.165) is 63.1 Å². The van der Waals surface area contributed by atoms with Crippen LogP contribution < -0.4 is 15.1 Å². The Balaban J connectivity index is 1.22. The zero-order chi connectivity index (χ0) is 26.4. The average Bonchev–Trinajstić information content (AvgIpc) is 3.55. The minimum atomic E-state index is -1.01. The number of amides is 2. The molecule has 10 heteroatoms. The van der Waals surface area contributed by atoms with Gasteiger partial charge >= 0.3 is 0 Å². The van der Waals surface area contributed by atoms with Crippen LogP contribution in [0.3, 0.4) is 0 Å². The number of rotatable bonds is 5. The molecule has 1 unspecified atom stereocenters. The van der Waals surface area contributed by atoms with Crippen molar-refractivity contribution in [2.24, 2.45) is 5.41 Å². The third kappa shape index (κ3) is 4.28. The van der Waals surface area contributed by atoms with Gasteiger partial charge < -0.3 is 15.1 Å². The first-order valence-electron chi connectivity index (χ1n) is 14.0. The second-order valence-corrected chi connectivity index (χ2v) is 11.5. The van der Waals surface area contributed by atoms with E-state index in [1.807, 2.05) is 17.2 Å². The van der Waals surface area contributed by atoms with Crippen LogP contribution in [0, 0.1) is 5.41 Å². The van der Waals surface area contributed by atoms with Gasteiger partial charge in [-0.2, -0.15) is 4.98 Å². The van der Waals surface area contributed by atoms with Gasteiger partial charge in [0, 0.05) is 70.0 Å². The number of nitrogens with zero attached hydrogens (tertiary/aromatic N) is 7. The summed E-state index contributed by atoms with van der Waals surface area (Å²) in [5.41, 5.74) is 0.968. The number of fused-ring (bicyclic) bond motifs is 1. The SMILES string of the molecule is CC(C)N1CCN(c2ccc(Nc3ncc4c(n3)N(C3CCCC3)C(=O)C3(CCN(C)C3=O)C4)nc2)CC1. The predicted molar refractivity (Wildman–Crippen MR) is 147 cm³/mol. The van der Waals surface area contributed by atoms with Gasteiger partial charge in [0.25, 0.3) is 0 Å². The molecule has 1 aliphatic carbocycles. The summed E-state index contributed by atoms with van der Waals surface area (Å²) >= 11 is 0. The number of pyridine rings is 1. The van der Waals surface area contributed by atoms with E-state index in [0.29, 0.717) is 43.0 Å². The summed E-state index contributed by atoms with van der Waals surface area (Å²) in [5, 5.41) is 3.24. The monoisotopic (exact) mass is 518 g/mol. The third-order valence-electron chi connectivity index (χ3n) is 8.91. The Morgan fingerprint density at radius 3 is 2.37 bits per heavy atom. The molecule has 202 valence electrons. The molecule has 1 atom stereocenters. The van der Waals surface area contributed by atoms with Crippen LogP contribution in [-0.2, 0) is 16.0 Å². The van der Waals surface area contributed by atoms with Crippen molar-refractivity contribution < 1.29 is 9.59 Å². The van der Waals surface area contributed by atoms with Crippen molar-refractivity contribution in [2.45, 2.75) is 64.5 Å². The summed E-state index contributed by atoms with van der Waals surface area (Å²) in [5.74, 6) is 1.56. The average molecular weight is 519 g/mol. The molecule has 1 spiro atoms. The van der Waals surface area contributed by atoms with Crippen molar-refractivity contribution in [2.75, 3.05) is 54.9 Å². The van der Waals surface area contributed by atoms with E-state index >= 15 is 0 Å². The molecule has 1 saturated carbocycles. The Morgan fingerprint density at radius 1 is 0.974 bits per heavy atom. The Morgan fingerprint density at radius 2 is 1.74 bits per heavy atom. The molecule has 0 aromatic carbocycles. The maximum absolute atomic E-state index is 13.9. The van der Waals surface area contributed by atoms with Gasteiger partial charge in [-0.3, -0.25) is 19.4 Å². The molecule has 5 heterocycles. The molecular weight excluding hydrogens is 480 g/mol. The molecule has 10 nitrogen and oxygen atoms in total. The lowest BCUT2D eigenvalue weighted by Crippen LogP contribution is -2.56. The summed E-state index contributed by atoms with van der Waals surface area (Å²) in [7, 11) is 1.78. The van der Waals surface area contributed by atoms with Gasteiger partial charge in [-0.1, -0.05) is 12.8 Å². The molecule has 2 aromatic rings. The van der Waals surface area contributed by atoms with Gasteiger partial charge in [0.15, 0.2) is 0 Å². The Bertz CT molecular complexity index is 1200. The van der Waals surface area contributed by atoms with Crippen LogP contribution in [0.2, 0.25) is 0 Å². The van der Waals surface area contributed by atoms with Gasteiger partial charge in [0.2, 0.25) is 17.8 Å². The van der Waals surface area contributed by atoms with Gasteiger partial charge in [0.05, 0.1) is 11.9 Å². The largest absolute Gasteiger partial charge is 0.368 e. The molecule has 1 N–H and O–H groups in total. The van der Waals surface area contributed by atoms with Gasteiger partial charge in [-0.15, -0.1) is 0 Å². The summed E-state index contributed by atoms with van der Waals surface area (Å²) in [4.78, 5) is 49.5. The molecule has 3 aliphatic heterocycles. The molecule has 2 saturated heterocycles. The van der Waals surface area contributed by atoms with Crippen LogP contribution in [0.4, 0.5) is 23.3 Å². The van der Waals surface area contributed by atoms with Crippen LogP contribution in [0.25, 0.3) is 0 Å². The van der Waals surface area contributed by atoms with E-state index in [4.69, 9.17) is 4.98 Å². The number of anilines is 4. The maximum Gasteiger partial charge on any atom is 0.244 e. The highest BCUT2D eigenvalue weighted by Gasteiger charge is 2.57. The Labute approximate surface area is 224 Å². The number of nitrogens with one attached hydrogen (secondary N) is 1. The zero-order valence-corrected chi connectivity index (χ0v) is 22.7. The van der Waals surface area contributed by atoms with Crippen LogP contribution in [-0.4, -0.2) is 88.4 Å². The Hall–Kier alpha value is -3.27. The topological polar surface area (TPSA) is 97.8 Å². The van der Waals surface area contributed by atoms with Crippen molar-refractivity contribution in [3.63, 3.8) is 0 Å². The normalized spacial score (nSPS) is 24.7. The van der Waals surface area contributed by atoms with Crippen molar-refractivity contribution in [3.05, 3.63) is 30.1 Å².